The van der Waals surface area contributed by atoms with Gasteiger partial charge in [-0.3, -0.25) is 0 Å². The second-order valence-electron chi connectivity index (χ2n) is 4.91. The molecule has 1 heterocycles. The predicted molar refractivity (Wildman–Crippen MR) is 96.9 cm³/mol. The molecule has 0 bridgehead atoms. The molecule has 118 valence electrons. The average Bonchev–Trinajstić information content (AvgIpc) is 3.02. The number of nitrogens with zero attached hydrogens (tertiary/aromatic N) is 2. The lowest BCUT2D eigenvalue weighted by atomic mass is 10.1. The summed E-state index contributed by atoms with van der Waals surface area (Å²) in [7, 11) is 1.66. The van der Waals surface area contributed by atoms with E-state index in [1.54, 1.807) is 30.2 Å². The molecule has 0 unspecified atom stereocenters. The summed E-state index contributed by atoms with van der Waals surface area (Å²) >= 11 is 3.25. The van der Waals surface area contributed by atoms with Crippen LogP contribution in [-0.2, 0) is 5.75 Å². The highest BCUT2D eigenvalue weighted by atomic mass is 32.2. The van der Waals surface area contributed by atoms with Gasteiger partial charge < -0.3 is 10.1 Å². The van der Waals surface area contributed by atoms with Crippen molar-refractivity contribution in [1.29, 1.82) is 0 Å². The Bertz CT molecular complexity index is 789. The molecule has 3 rings (SSSR count). The molecule has 0 aliphatic heterocycles. The first-order valence-corrected chi connectivity index (χ1v) is 8.97. The summed E-state index contributed by atoms with van der Waals surface area (Å²) < 4.78 is 6.28. The van der Waals surface area contributed by atoms with E-state index in [1.807, 2.05) is 24.3 Å². The summed E-state index contributed by atoms with van der Waals surface area (Å²) in [5.74, 6) is 1.69. The number of para-hydroxylation sites is 2. The van der Waals surface area contributed by atoms with E-state index in [0.29, 0.717) is 0 Å². The molecule has 3 aromatic rings. The largest absolute Gasteiger partial charge is 0.495 e. The zero-order chi connectivity index (χ0) is 16.1. The Labute approximate surface area is 143 Å². The Balaban J connectivity index is 1.65. The summed E-state index contributed by atoms with van der Waals surface area (Å²) in [4.78, 5) is 0. The number of thioether (sulfide) groups is 1. The number of hydrogen-bond donors (Lipinski definition) is 1. The van der Waals surface area contributed by atoms with Gasteiger partial charge in [-0.2, -0.15) is 0 Å². The summed E-state index contributed by atoms with van der Waals surface area (Å²) in [6.45, 7) is 2.13. The highest BCUT2D eigenvalue weighted by molar-refractivity contribution is 8.00. The summed E-state index contributed by atoms with van der Waals surface area (Å²) in [6.07, 6.45) is 0. The Morgan fingerprint density at radius 2 is 1.87 bits per heavy atom. The van der Waals surface area contributed by atoms with Gasteiger partial charge in [0.15, 0.2) is 4.34 Å². The molecule has 0 atom stereocenters. The first-order chi connectivity index (χ1) is 11.3. The average molecular weight is 343 g/mol. The smallest absolute Gasteiger partial charge is 0.210 e. The zero-order valence-electron chi connectivity index (χ0n) is 12.9. The van der Waals surface area contributed by atoms with Crippen LogP contribution in [0.3, 0.4) is 0 Å². The van der Waals surface area contributed by atoms with Crippen molar-refractivity contribution in [2.45, 2.75) is 17.0 Å². The summed E-state index contributed by atoms with van der Waals surface area (Å²) in [5, 5.41) is 12.5. The highest BCUT2D eigenvalue weighted by Gasteiger charge is 2.08. The number of benzene rings is 2. The van der Waals surface area contributed by atoms with Gasteiger partial charge in [-0.15, -0.1) is 10.2 Å². The van der Waals surface area contributed by atoms with E-state index in [0.717, 1.165) is 26.7 Å². The molecular weight excluding hydrogens is 326 g/mol. The van der Waals surface area contributed by atoms with E-state index < -0.39 is 0 Å². The van der Waals surface area contributed by atoms with E-state index in [-0.39, 0.29) is 0 Å². The van der Waals surface area contributed by atoms with E-state index in [4.69, 9.17) is 4.74 Å². The number of aromatic nitrogens is 2. The van der Waals surface area contributed by atoms with Gasteiger partial charge in [-0.25, -0.2) is 0 Å². The molecule has 1 aromatic heterocycles. The first-order valence-electron chi connectivity index (χ1n) is 7.17. The second kappa shape index (κ2) is 7.48. The van der Waals surface area contributed by atoms with Gasteiger partial charge in [0.2, 0.25) is 5.13 Å². The van der Waals surface area contributed by atoms with Crippen molar-refractivity contribution in [2.75, 3.05) is 12.4 Å². The maximum atomic E-state index is 5.33. The molecule has 0 spiro atoms. The van der Waals surface area contributed by atoms with Crippen LogP contribution >= 0.6 is 23.1 Å². The molecule has 0 saturated carbocycles. The number of aryl methyl sites for hydroxylation is 1. The molecule has 23 heavy (non-hydrogen) atoms. The van der Waals surface area contributed by atoms with Crippen molar-refractivity contribution < 1.29 is 4.74 Å². The van der Waals surface area contributed by atoms with Crippen LogP contribution in [0.1, 0.15) is 11.1 Å². The molecular formula is C17H17N3OS2. The van der Waals surface area contributed by atoms with Gasteiger partial charge >= 0.3 is 0 Å². The van der Waals surface area contributed by atoms with Crippen molar-refractivity contribution in [3.8, 4) is 5.75 Å². The van der Waals surface area contributed by atoms with Crippen LogP contribution in [-0.4, -0.2) is 17.3 Å². The number of rotatable bonds is 6. The van der Waals surface area contributed by atoms with Crippen LogP contribution in [0.15, 0.2) is 52.9 Å². The standard InChI is InChI=1S/C17H17N3OS2/c1-12-7-3-4-8-13(12)11-22-17-20-19-16(23-17)18-14-9-5-6-10-15(14)21-2/h3-10H,11H2,1-2H3,(H,18,19). The SMILES string of the molecule is COc1ccccc1Nc1nnc(SCc2ccccc2C)s1. The molecule has 1 N–H and O–H groups in total. The molecule has 6 heteroatoms. The van der Waals surface area contributed by atoms with Crippen LogP contribution in [0.4, 0.5) is 10.8 Å². The quantitative estimate of drug-likeness (QED) is 0.646. The zero-order valence-corrected chi connectivity index (χ0v) is 14.6. The Morgan fingerprint density at radius 3 is 2.70 bits per heavy atom. The first kappa shape index (κ1) is 15.8. The highest BCUT2D eigenvalue weighted by Crippen LogP contribution is 2.32. The Hall–Kier alpha value is -2.05. The lowest BCUT2D eigenvalue weighted by molar-refractivity contribution is 0.417. The molecule has 0 aliphatic carbocycles. The number of methoxy groups -OCH3 is 1. The van der Waals surface area contributed by atoms with Crippen LogP contribution in [0, 0.1) is 6.92 Å². The molecule has 0 aliphatic rings. The predicted octanol–water partition coefficient (Wildman–Crippen LogP) is 4.89. The maximum absolute atomic E-state index is 5.33. The van der Waals surface area contributed by atoms with E-state index in [1.165, 1.54) is 11.1 Å². The third kappa shape index (κ3) is 4.03. The fourth-order valence-electron chi connectivity index (χ4n) is 2.09. The van der Waals surface area contributed by atoms with Gasteiger partial charge in [0.25, 0.3) is 0 Å². The molecule has 0 radical (unpaired) electrons. The number of ether oxygens (including phenoxy) is 1. The van der Waals surface area contributed by atoms with Gasteiger partial charge in [-0.05, 0) is 30.2 Å². The topological polar surface area (TPSA) is 47.0 Å². The minimum atomic E-state index is 0.766. The van der Waals surface area contributed by atoms with Crippen molar-refractivity contribution in [2.24, 2.45) is 0 Å². The summed E-state index contributed by atoms with van der Waals surface area (Å²) in [5.41, 5.74) is 3.52. The third-order valence-electron chi connectivity index (χ3n) is 3.37. The fraction of sp³-hybridized carbons (Fsp3) is 0.176. The van der Waals surface area contributed by atoms with Crippen molar-refractivity contribution in [1.82, 2.24) is 10.2 Å². The molecule has 4 nitrogen and oxygen atoms in total. The molecule has 2 aromatic carbocycles. The van der Waals surface area contributed by atoms with Crippen LogP contribution < -0.4 is 10.1 Å². The van der Waals surface area contributed by atoms with E-state index in [9.17, 15) is 0 Å². The van der Waals surface area contributed by atoms with Gasteiger partial charge in [0, 0.05) is 5.75 Å². The number of anilines is 2. The van der Waals surface area contributed by atoms with Gasteiger partial charge in [-0.1, -0.05) is 59.5 Å². The lowest BCUT2D eigenvalue weighted by Crippen LogP contribution is -1.93. The summed E-state index contributed by atoms with van der Waals surface area (Å²) in [6, 6.07) is 16.2. The molecule has 0 fully saturated rings. The van der Waals surface area contributed by atoms with Crippen molar-refractivity contribution in [3.05, 3.63) is 59.7 Å². The van der Waals surface area contributed by atoms with Gasteiger partial charge in [0.05, 0.1) is 12.8 Å². The Morgan fingerprint density at radius 1 is 1.09 bits per heavy atom. The second-order valence-corrected chi connectivity index (χ2v) is 7.11. The lowest BCUT2D eigenvalue weighted by Gasteiger charge is -2.07. The minimum absolute atomic E-state index is 0.766. The normalized spacial score (nSPS) is 10.5. The van der Waals surface area contributed by atoms with Crippen LogP contribution in [0.2, 0.25) is 0 Å². The van der Waals surface area contributed by atoms with Crippen LogP contribution in [0.5, 0.6) is 5.75 Å². The molecule has 0 amide bonds. The third-order valence-corrected chi connectivity index (χ3v) is 5.39. The Kier molecular flexibility index (Phi) is 5.15. The fourth-order valence-corrected chi connectivity index (χ4v) is 3.93. The monoisotopic (exact) mass is 343 g/mol. The number of hydrogen-bond acceptors (Lipinski definition) is 6. The minimum Gasteiger partial charge on any atom is -0.495 e. The van der Waals surface area contributed by atoms with E-state index in [2.05, 4.69) is 46.7 Å². The van der Waals surface area contributed by atoms with Crippen molar-refractivity contribution >= 4 is 33.9 Å². The van der Waals surface area contributed by atoms with E-state index >= 15 is 0 Å². The van der Waals surface area contributed by atoms with Crippen molar-refractivity contribution in [3.63, 3.8) is 0 Å². The maximum Gasteiger partial charge on any atom is 0.210 e. The molecule has 0 saturated heterocycles. The van der Waals surface area contributed by atoms with Crippen LogP contribution in [0.25, 0.3) is 0 Å². The van der Waals surface area contributed by atoms with Gasteiger partial charge in [0.1, 0.15) is 5.75 Å². The number of nitrogens with one attached hydrogen (secondary N) is 1.